The van der Waals surface area contributed by atoms with Crippen LogP contribution >= 0.6 is 0 Å². The summed E-state index contributed by atoms with van der Waals surface area (Å²) in [6.07, 6.45) is 1.02. The van der Waals surface area contributed by atoms with Crippen LogP contribution in [0, 0.1) is 13.8 Å². The first-order chi connectivity index (χ1) is 11.5. The highest BCUT2D eigenvalue weighted by Crippen LogP contribution is 2.28. The molecule has 3 rings (SSSR count). The molecule has 1 N–H and O–H groups in total. The highest BCUT2D eigenvalue weighted by Gasteiger charge is 2.35. The molecule has 0 spiro atoms. The lowest BCUT2D eigenvalue weighted by atomic mass is 10.0. The highest BCUT2D eigenvalue weighted by molar-refractivity contribution is 6.49. The van der Waals surface area contributed by atoms with Crippen molar-refractivity contribution < 1.29 is 0 Å². The molecule has 3 heteroatoms. The van der Waals surface area contributed by atoms with E-state index in [2.05, 4.69) is 81.5 Å². The summed E-state index contributed by atoms with van der Waals surface area (Å²) >= 11 is 0. The van der Waals surface area contributed by atoms with Crippen LogP contribution in [0.1, 0.15) is 42.5 Å². The number of nitrogens with one attached hydrogen (secondary N) is 1. The van der Waals surface area contributed by atoms with Gasteiger partial charge in [0.15, 0.2) is 5.66 Å². The van der Waals surface area contributed by atoms with Gasteiger partial charge in [0.2, 0.25) is 0 Å². The fourth-order valence-electron chi connectivity index (χ4n) is 2.86. The molecular weight excluding hydrogens is 294 g/mol. The second-order valence-electron chi connectivity index (χ2n) is 6.62. The van der Waals surface area contributed by atoms with Gasteiger partial charge in [0.25, 0.3) is 0 Å². The maximum atomic E-state index is 5.03. The molecule has 0 amide bonds. The molecule has 0 aromatic heterocycles. The summed E-state index contributed by atoms with van der Waals surface area (Å²) in [6.45, 7) is 9.25. The lowest BCUT2D eigenvalue weighted by Crippen LogP contribution is -2.37. The Morgan fingerprint density at radius 1 is 0.958 bits per heavy atom. The van der Waals surface area contributed by atoms with E-state index in [9.17, 15) is 0 Å². The van der Waals surface area contributed by atoms with Crippen LogP contribution in [0.4, 0.5) is 0 Å². The molecule has 0 fully saturated rings. The topological polar surface area (TPSA) is 36.8 Å². The van der Waals surface area contributed by atoms with Crippen molar-refractivity contribution in [2.24, 2.45) is 9.98 Å². The molecule has 3 nitrogen and oxygen atoms in total. The molecule has 2 aromatic carbocycles. The second kappa shape index (κ2) is 6.60. The van der Waals surface area contributed by atoms with Crippen LogP contribution in [-0.2, 0) is 5.66 Å². The Hall–Kier alpha value is -2.42. The van der Waals surface area contributed by atoms with Crippen molar-refractivity contribution in [2.75, 3.05) is 6.54 Å². The smallest absolute Gasteiger partial charge is 0.154 e. The Morgan fingerprint density at radius 3 is 2.12 bits per heavy atom. The van der Waals surface area contributed by atoms with E-state index in [1.54, 1.807) is 0 Å². The molecule has 0 saturated carbocycles. The van der Waals surface area contributed by atoms with Gasteiger partial charge in [-0.25, -0.2) is 4.99 Å². The van der Waals surface area contributed by atoms with Crippen LogP contribution in [-0.4, -0.2) is 18.1 Å². The van der Waals surface area contributed by atoms with Crippen molar-refractivity contribution in [1.82, 2.24) is 5.32 Å². The standard InChI is InChI=1S/C21H25N3/c1-5-14-22-20-19(17-10-6-15(2)7-11-17)23-21(4,24-20)18-12-8-16(3)9-13-18/h6-13H,5,14H2,1-4H3,(H,22,24). The molecular formula is C21H25N3. The van der Waals surface area contributed by atoms with E-state index in [0.717, 1.165) is 35.6 Å². The zero-order valence-electron chi connectivity index (χ0n) is 14.9. The third-order valence-electron chi connectivity index (χ3n) is 4.35. The van der Waals surface area contributed by atoms with Crippen molar-refractivity contribution in [1.29, 1.82) is 0 Å². The van der Waals surface area contributed by atoms with Crippen LogP contribution in [0.5, 0.6) is 0 Å². The Kier molecular flexibility index (Phi) is 4.52. The number of aryl methyl sites for hydroxylation is 2. The Balaban J connectivity index is 2.04. The highest BCUT2D eigenvalue weighted by atomic mass is 15.2. The van der Waals surface area contributed by atoms with Gasteiger partial charge in [-0.2, -0.15) is 0 Å². The molecule has 24 heavy (non-hydrogen) atoms. The maximum absolute atomic E-state index is 5.03. The van der Waals surface area contributed by atoms with Crippen molar-refractivity contribution in [2.45, 2.75) is 39.8 Å². The predicted molar refractivity (Wildman–Crippen MR) is 102 cm³/mol. The summed E-state index contributed by atoms with van der Waals surface area (Å²) in [5.74, 6) is 0.892. The van der Waals surface area contributed by atoms with E-state index in [0.29, 0.717) is 0 Å². The number of benzene rings is 2. The molecule has 1 heterocycles. The Labute approximate surface area is 144 Å². The largest absolute Gasteiger partial charge is 0.341 e. The van der Waals surface area contributed by atoms with Gasteiger partial charge < -0.3 is 5.32 Å². The third-order valence-corrected chi connectivity index (χ3v) is 4.35. The molecule has 0 bridgehead atoms. The summed E-state index contributed by atoms with van der Waals surface area (Å²) in [5, 5.41) is 3.55. The number of amidine groups is 1. The second-order valence-corrected chi connectivity index (χ2v) is 6.62. The van der Waals surface area contributed by atoms with E-state index >= 15 is 0 Å². The molecule has 1 atom stereocenters. The minimum absolute atomic E-state index is 0.472. The van der Waals surface area contributed by atoms with Gasteiger partial charge in [-0.3, -0.25) is 4.99 Å². The van der Waals surface area contributed by atoms with Crippen LogP contribution in [0.3, 0.4) is 0 Å². The summed E-state index contributed by atoms with van der Waals surface area (Å²) < 4.78 is 0. The molecule has 1 unspecified atom stereocenters. The van der Waals surface area contributed by atoms with Crippen molar-refractivity contribution >= 4 is 11.5 Å². The average Bonchev–Trinajstić information content (AvgIpc) is 2.92. The minimum atomic E-state index is -0.472. The Bertz CT molecular complexity index is 770. The molecule has 0 saturated heterocycles. The predicted octanol–water partition coefficient (Wildman–Crippen LogP) is 4.38. The zero-order chi connectivity index (χ0) is 17.2. The normalized spacial score (nSPS) is 21.7. The van der Waals surface area contributed by atoms with Gasteiger partial charge in [-0.05, 0) is 32.8 Å². The molecule has 2 aromatic rings. The van der Waals surface area contributed by atoms with Crippen molar-refractivity contribution in [3.05, 3.63) is 70.8 Å². The third kappa shape index (κ3) is 3.25. The van der Waals surface area contributed by atoms with Crippen molar-refractivity contribution in [3.63, 3.8) is 0 Å². The van der Waals surface area contributed by atoms with Gasteiger partial charge in [0.05, 0.1) is 0 Å². The van der Waals surface area contributed by atoms with Gasteiger partial charge >= 0.3 is 0 Å². The van der Waals surface area contributed by atoms with Crippen LogP contribution in [0.2, 0.25) is 0 Å². The van der Waals surface area contributed by atoms with Crippen LogP contribution in [0.15, 0.2) is 58.5 Å². The van der Waals surface area contributed by atoms with Crippen molar-refractivity contribution in [3.8, 4) is 0 Å². The van der Waals surface area contributed by atoms with Gasteiger partial charge in [0, 0.05) is 12.1 Å². The van der Waals surface area contributed by atoms with Crippen LogP contribution in [0.25, 0.3) is 0 Å². The average molecular weight is 319 g/mol. The quantitative estimate of drug-likeness (QED) is 0.892. The summed E-state index contributed by atoms with van der Waals surface area (Å²) in [5.41, 5.74) is 5.24. The Morgan fingerprint density at radius 2 is 1.54 bits per heavy atom. The number of nitrogens with zero attached hydrogens (tertiary/aromatic N) is 2. The first kappa shape index (κ1) is 16.4. The van der Waals surface area contributed by atoms with Gasteiger partial charge in [-0.15, -0.1) is 0 Å². The molecule has 0 radical (unpaired) electrons. The molecule has 1 aliphatic rings. The zero-order valence-corrected chi connectivity index (χ0v) is 14.9. The summed E-state index contributed by atoms with van der Waals surface area (Å²) in [7, 11) is 0. The summed E-state index contributed by atoms with van der Waals surface area (Å²) in [4.78, 5) is 9.76. The molecule has 0 aliphatic carbocycles. The lowest BCUT2D eigenvalue weighted by Gasteiger charge is -2.22. The first-order valence-electron chi connectivity index (χ1n) is 8.59. The van der Waals surface area contributed by atoms with E-state index in [-0.39, 0.29) is 0 Å². The van der Waals surface area contributed by atoms with Gasteiger partial charge in [0.1, 0.15) is 11.5 Å². The number of hydrogen-bond donors (Lipinski definition) is 1. The first-order valence-corrected chi connectivity index (χ1v) is 8.59. The fourth-order valence-corrected chi connectivity index (χ4v) is 2.86. The number of aliphatic imine (C=N–C) groups is 2. The monoisotopic (exact) mass is 319 g/mol. The maximum Gasteiger partial charge on any atom is 0.154 e. The SMILES string of the molecule is CCCN=C1NC(C)(c2ccc(C)cc2)N=C1c1ccc(C)cc1. The molecule has 1 aliphatic heterocycles. The van der Waals surface area contributed by atoms with E-state index in [1.807, 2.05) is 0 Å². The fraction of sp³-hybridized carbons (Fsp3) is 0.333. The van der Waals surface area contributed by atoms with Crippen LogP contribution < -0.4 is 5.32 Å². The minimum Gasteiger partial charge on any atom is -0.341 e. The molecule has 124 valence electrons. The van der Waals surface area contributed by atoms with E-state index in [1.165, 1.54) is 11.1 Å². The lowest BCUT2D eigenvalue weighted by molar-refractivity contribution is 0.477. The summed E-state index contributed by atoms with van der Waals surface area (Å²) in [6, 6.07) is 17.0. The number of rotatable bonds is 4. The van der Waals surface area contributed by atoms with Gasteiger partial charge in [-0.1, -0.05) is 66.6 Å². The van der Waals surface area contributed by atoms with E-state index in [4.69, 9.17) is 9.98 Å². The van der Waals surface area contributed by atoms with E-state index < -0.39 is 5.66 Å². The number of hydrogen-bond acceptors (Lipinski definition) is 2.